The number of hydrogen-bond donors (Lipinski definition) is 0. The Labute approximate surface area is 129 Å². The van der Waals surface area contributed by atoms with Crippen molar-refractivity contribution in [3.05, 3.63) is 18.0 Å². The third-order valence-corrected chi connectivity index (χ3v) is 2.96. The highest BCUT2D eigenvalue weighted by Gasteiger charge is 2.30. The summed E-state index contributed by atoms with van der Waals surface area (Å²) in [4.78, 5) is 12.4. The highest BCUT2D eigenvalue weighted by molar-refractivity contribution is 5.75. The van der Waals surface area contributed by atoms with Gasteiger partial charge in [0.2, 0.25) is 0 Å². The Morgan fingerprint density at radius 1 is 1.36 bits per heavy atom. The predicted octanol–water partition coefficient (Wildman–Crippen LogP) is 2.78. The van der Waals surface area contributed by atoms with Gasteiger partial charge in [-0.1, -0.05) is 24.2 Å². The Kier molecular flexibility index (Phi) is 4.35. The van der Waals surface area contributed by atoms with Crippen molar-refractivity contribution in [2.45, 2.75) is 53.2 Å². The highest BCUT2D eigenvalue weighted by atomic mass is 16.6. The van der Waals surface area contributed by atoms with Gasteiger partial charge >= 0.3 is 5.97 Å². The molecular weight excluding hydrogens is 284 g/mol. The van der Waals surface area contributed by atoms with Crippen LogP contribution < -0.4 is 0 Å². The van der Waals surface area contributed by atoms with Gasteiger partial charge in [0.25, 0.3) is 0 Å². The number of carbonyl (C=O) groups is 1. The fourth-order valence-corrected chi connectivity index (χ4v) is 2.06. The van der Waals surface area contributed by atoms with Crippen LogP contribution >= 0.6 is 0 Å². The summed E-state index contributed by atoms with van der Waals surface area (Å²) in [6.07, 6.45) is 1.68. The van der Waals surface area contributed by atoms with E-state index in [1.165, 1.54) is 4.68 Å². The van der Waals surface area contributed by atoms with Crippen molar-refractivity contribution in [1.82, 2.24) is 20.2 Å². The average molecular weight is 306 g/mol. The Bertz CT molecular complexity index is 652. The van der Waals surface area contributed by atoms with Crippen molar-refractivity contribution >= 4 is 5.97 Å². The van der Waals surface area contributed by atoms with E-state index in [0.29, 0.717) is 11.5 Å². The second-order valence-corrected chi connectivity index (χ2v) is 6.64. The number of rotatable bonds is 4. The monoisotopic (exact) mass is 306 g/mol. The molecular formula is C15H22N4O3. The summed E-state index contributed by atoms with van der Waals surface area (Å²) in [7, 11) is 0. The zero-order chi connectivity index (χ0) is 16.5. The maximum absolute atomic E-state index is 12.4. The summed E-state index contributed by atoms with van der Waals surface area (Å²) in [5, 5.41) is 11.9. The fraction of sp³-hybridized carbons (Fsp3) is 0.600. The van der Waals surface area contributed by atoms with E-state index in [4.69, 9.17) is 9.26 Å². The minimum absolute atomic E-state index is 0.0147. The number of aryl methyl sites for hydroxylation is 1. The number of esters is 1. The zero-order valence-corrected chi connectivity index (χ0v) is 13.8. The molecule has 0 spiro atoms. The van der Waals surface area contributed by atoms with Crippen molar-refractivity contribution in [3.63, 3.8) is 0 Å². The van der Waals surface area contributed by atoms with Gasteiger partial charge in [-0.3, -0.25) is 0 Å². The lowest BCUT2D eigenvalue weighted by molar-refractivity contribution is -0.161. The first-order valence-corrected chi connectivity index (χ1v) is 7.26. The smallest absolute Gasteiger partial charge is 0.331 e. The molecule has 0 bridgehead atoms. The van der Waals surface area contributed by atoms with Gasteiger partial charge in [0.05, 0.1) is 11.9 Å². The van der Waals surface area contributed by atoms with Crippen LogP contribution in [0.5, 0.6) is 0 Å². The molecule has 2 aromatic rings. The molecule has 120 valence electrons. The van der Waals surface area contributed by atoms with Gasteiger partial charge in [0, 0.05) is 6.07 Å². The zero-order valence-electron chi connectivity index (χ0n) is 13.8. The van der Waals surface area contributed by atoms with E-state index in [-0.39, 0.29) is 11.9 Å². The summed E-state index contributed by atoms with van der Waals surface area (Å²) >= 11 is 0. The van der Waals surface area contributed by atoms with Crippen LogP contribution in [0.15, 0.2) is 16.8 Å². The summed E-state index contributed by atoms with van der Waals surface area (Å²) in [5.41, 5.74) is 0.752. The maximum atomic E-state index is 12.4. The average Bonchev–Trinajstić information content (AvgIpc) is 2.95. The Morgan fingerprint density at radius 2 is 2.05 bits per heavy atom. The molecule has 0 N–H and O–H groups in total. The van der Waals surface area contributed by atoms with Crippen molar-refractivity contribution in [2.24, 2.45) is 5.92 Å². The number of aromatic nitrogens is 4. The first-order chi connectivity index (χ1) is 10.2. The van der Waals surface area contributed by atoms with Crippen LogP contribution in [-0.2, 0) is 9.53 Å². The molecule has 22 heavy (non-hydrogen) atoms. The summed E-state index contributed by atoms with van der Waals surface area (Å²) < 4.78 is 12.2. The maximum Gasteiger partial charge on any atom is 0.331 e. The van der Waals surface area contributed by atoms with Gasteiger partial charge < -0.3 is 9.26 Å². The van der Waals surface area contributed by atoms with Gasteiger partial charge in [-0.15, -0.1) is 5.10 Å². The molecule has 2 aromatic heterocycles. The van der Waals surface area contributed by atoms with Crippen molar-refractivity contribution in [1.29, 1.82) is 0 Å². The second-order valence-electron chi connectivity index (χ2n) is 6.64. The second kappa shape index (κ2) is 5.90. The van der Waals surface area contributed by atoms with Crippen LogP contribution in [-0.4, -0.2) is 31.7 Å². The molecule has 2 rings (SSSR count). The van der Waals surface area contributed by atoms with Crippen molar-refractivity contribution in [2.75, 3.05) is 0 Å². The molecule has 0 unspecified atom stereocenters. The van der Waals surface area contributed by atoms with Crippen molar-refractivity contribution in [3.8, 4) is 11.5 Å². The summed E-state index contributed by atoms with van der Waals surface area (Å²) in [6, 6.07) is 1.23. The summed E-state index contributed by atoms with van der Waals surface area (Å²) in [6.45, 7) is 11.2. The van der Waals surface area contributed by atoms with E-state index < -0.39 is 11.6 Å². The summed E-state index contributed by atoms with van der Waals surface area (Å²) in [5.74, 6) is 0.212. The molecule has 0 saturated heterocycles. The lowest BCUT2D eigenvalue weighted by atomic mass is 10.0. The van der Waals surface area contributed by atoms with E-state index in [0.717, 1.165) is 5.69 Å². The van der Waals surface area contributed by atoms with Gasteiger partial charge in [0.1, 0.15) is 5.60 Å². The molecule has 0 aliphatic rings. The SMILES string of the molecule is Cc1cc(-c2cn([C@H](C(=O)OC(C)(C)C)C(C)C)nn2)on1. The van der Waals surface area contributed by atoms with E-state index in [2.05, 4.69) is 15.5 Å². The van der Waals surface area contributed by atoms with Gasteiger partial charge in [-0.2, -0.15) is 0 Å². The van der Waals surface area contributed by atoms with E-state index in [1.807, 2.05) is 41.5 Å². The number of ether oxygens (including phenoxy) is 1. The number of carbonyl (C=O) groups excluding carboxylic acids is 1. The van der Waals surface area contributed by atoms with E-state index >= 15 is 0 Å². The Balaban J connectivity index is 2.26. The molecule has 2 heterocycles. The number of hydrogen-bond acceptors (Lipinski definition) is 6. The van der Waals surface area contributed by atoms with Gasteiger partial charge in [0.15, 0.2) is 17.5 Å². The topological polar surface area (TPSA) is 83.0 Å². The first-order valence-electron chi connectivity index (χ1n) is 7.26. The Morgan fingerprint density at radius 3 is 2.55 bits per heavy atom. The third-order valence-electron chi connectivity index (χ3n) is 2.96. The molecule has 7 nitrogen and oxygen atoms in total. The molecule has 0 fully saturated rings. The normalized spacial score (nSPS) is 13.4. The molecule has 0 amide bonds. The highest BCUT2D eigenvalue weighted by Crippen LogP contribution is 2.24. The van der Waals surface area contributed by atoms with Crippen LogP contribution in [0.2, 0.25) is 0 Å². The van der Waals surface area contributed by atoms with Crippen molar-refractivity contribution < 1.29 is 14.1 Å². The van der Waals surface area contributed by atoms with Crippen LogP contribution in [0.3, 0.4) is 0 Å². The first kappa shape index (κ1) is 16.2. The lowest BCUT2D eigenvalue weighted by Crippen LogP contribution is -2.33. The number of nitrogens with zero attached hydrogens (tertiary/aromatic N) is 4. The van der Waals surface area contributed by atoms with Crippen LogP contribution in [0.25, 0.3) is 11.5 Å². The van der Waals surface area contributed by atoms with Crippen LogP contribution in [0.1, 0.15) is 46.4 Å². The van der Waals surface area contributed by atoms with Crippen LogP contribution in [0, 0.1) is 12.8 Å². The van der Waals surface area contributed by atoms with Crippen LogP contribution in [0.4, 0.5) is 0 Å². The molecule has 0 aliphatic carbocycles. The third kappa shape index (κ3) is 3.72. The molecule has 0 radical (unpaired) electrons. The molecule has 0 saturated carbocycles. The lowest BCUT2D eigenvalue weighted by Gasteiger charge is -2.25. The molecule has 0 aromatic carbocycles. The minimum atomic E-state index is -0.546. The van der Waals surface area contributed by atoms with Gasteiger partial charge in [-0.25, -0.2) is 9.48 Å². The van der Waals surface area contributed by atoms with E-state index in [9.17, 15) is 4.79 Å². The standard InChI is InChI=1S/C15H22N4O3/c1-9(2)13(14(20)21-15(4,5)6)19-8-11(16-18-19)12-7-10(3)17-22-12/h7-9,13H,1-6H3/t13-/m0/s1. The molecule has 1 atom stereocenters. The Hall–Kier alpha value is -2.18. The van der Waals surface area contributed by atoms with E-state index in [1.54, 1.807) is 12.3 Å². The van der Waals surface area contributed by atoms with Gasteiger partial charge in [-0.05, 0) is 33.6 Å². The molecule has 7 heteroatoms. The molecule has 0 aliphatic heterocycles. The predicted molar refractivity (Wildman–Crippen MR) is 80.0 cm³/mol. The minimum Gasteiger partial charge on any atom is -0.458 e. The largest absolute Gasteiger partial charge is 0.458 e. The fourth-order valence-electron chi connectivity index (χ4n) is 2.06. The quantitative estimate of drug-likeness (QED) is 0.808.